The van der Waals surface area contributed by atoms with Gasteiger partial charge in [0.2, 0.25) is 11.8 Å². The van der Waals surface area contributed by atoms with Crippen LogP contribution in [0.2, 0.25) is 0 Å². The molecule has 0 radical (unpaired) electrons. The zero-order valence-corrected chi connectivity index (χ0v) is 15.5. The minimum absolute atomic E-state index is 0.0194. The third-order valence-electron chi connectivity index (χ3n) is 3.24. The summed E-state index contributed by atoms with van der Waals surface area (Å²) in [6.07, 6.45) is 0. The van der Waals surface area contributed by atoms with Crippen molar-refractivity contribution < 1.29 is 18.4 Å². The maximum Gasteiger partial charge on any atom is 0.240 e. The van der Waals surface area contributed by atoms with Crippen LogP contribution in [-0.2, 0) is 9.59 Å². The van der Waals surface area contributed by atoms with Crippen molar-refractivity contribution in [2.24, 2.45) is 0 Å². The van der Waals surface area contributed by atoms with Crippen molar-refractivity contribution in [1.29, 1.82) is 0 Å². The first kappa shape index (κ1) is 19.9. The standard InChI is InChI=1S/C17H20F2N4O2S/c1-10(2)20-15(24)7-23(3)8-16(25)22-17-21-14(9-26-17)11-4-5-12(18)13(19)6-11/h4-6,9-10H,7-8H2,1-3H3,(H,20,24)(H,21,22,25). The van der Waals surface area contributed by atoms with Gasteiger partial charge in [-0.05, 0) is 39.1 Å². The molecule has 2 amide bonds. The molecule has 26 heavy (non-hydrogen) atoms. The van der Waals surface area contributed by atoms with E-state index in [1.807, 2.05) is 13.8 Å². The van der Waals surface area contributed by atoms with E-state index in [2.05, 4.69) is 15.6 Å². The van der Waals surface area contributed by atoms with Crippen molar-refractivity contribution in [3.63, 3.8) is 0 Å². The molecule has 1 aromatic carbocycles. The molecule has 0 aliphatic carbocycles. The molecule has 2 N–H and O–H groups in total. The molecule has 0 aliphatic rings. The van der Waals surface area contributed by atoms with Crippen molar-refractivity contribution in [3.8, 4) is 11.3 Å². The number of carbonyl (C=O) groups excluding carboxylic acids is 2. The summed E-state index contributed by atoms with van der Waals surface area (Å²) in [5, 5.41) is 7.36. The smallest absolute Gasteiger partial charge is 0.240 e. The summed E-state index contributed by atoms with van der Waals surface area (Å²) in [7, 11) is 1.66. The molecule has 0 spiro atoms. The van der Waals surface area contributed by atoms with E-state index in [4.69, 9.17) is 0 Å². The van der Waals surface area contributed by atoms with E-state index in [0.717, 1.165) is 12.1 Å². The molecule has 0 unspecified atom stereocenters. The van der Waals surface area contributed by atoms with E-state index in [1.54, 1.807) is 17.3 Å². The van der Waals surface area contributed by atoms with E-state index in [9.17, 15) is 18.4 Å². The second kappa shape index (κ2) is 8.81. The van der Waals surface area contributed by atoms with E-state index >= 15 is 0 Å². The zero-order valence-electron chi connectivity index (χ0n) is 14.7. The first-order valence-corrected chi connectivity index (χ1v) is 8.81. The second-order valence-corrected chi connectivity index (χ2v) is 6.97. The van der Waals surface area contributed by atoms with Gasteiger partial charge in [0.25, 0.3) is 0 Å². The van der Waals surface area contributed by atoms with Crippen molar-refractivity contribution in [3.05, 3.63) is 35.2 Å². The van der Waals surface area contributed by atoms with Crippen molar-refractivity contribution in [1.82, 2.24) is 15.2 Å². The number of thiazole rings is 1. The number of likely N-dealkylation sites (N-methyl/N-ethyl adjacent to an activating group) is 1. The quantitative estimate of drug-likeness (QED) is 0.772. The lowest BCUT2D eigenvalue weighted by Gasteiger charge is -2.16. The van der Waals surface area contributed by atoms with Crippen LogP contribution in [0.1, 0.15) is 13.8 Å². The topological polar surface area (TPSA) is 74.3 Å². The first-order chi connectivity index (χ1) is 12.2. The van der Waals surface area contributed by atoms with Gasteiger partial charge in [0.05, 0.1) is 18.8 Å². The lowest BCUT2D eigenvalue weighted by atomic mass is 10.2. The monoisotopic (exact) mass is 382 g/mol. The predicted molar refractivity (Wildman–Crippen MR) is 96.9 cm³/mol. The molecule has 0 atom stereocenters. The average molecular weight is 382 g/mol. The molecule has 9 heteroatoms. The van der Waals surface area contributed by atoms with Crippen LogP contribution < -0.4 is 10.6 Å². The number of aromatic nitrogens is 1. The molecule has 140 valence electrons. The summed E-state index contributed by atoms with van der Waals surface area (Å²) in [5.41, 5.74) is 0.858. The van der Waals surface area contributed by atoms with Crippen LogP contribution in [0.5, 0.6) is 0 Å². The van der Waals surface area contributed by atoms with Gasteiger partial charge >= 0.3 is 0 Å². The molecule has 6 nitrogen and oxygen atoms in total. The fraction of sp³-hybridized carbons (Fsp3) is 0.353. The van der Waals surface area contributed by atoms with Crippen LogP contribution >= 0.6 is 11.3 Å². The Labute approximate surface area is 154 Å². The number of halogens is 2. The highest BCUT2D eigenvalue weighted by Gasteiger charge is 2.14. The maximum atomic E-state index is 13.3. The predicted octanol–water partition coefficient (Wildman–Crippen LogP) is 2.48. The minimum Gasteiger partial charge on any atom is -0.353 e. The van der Waals surface area contributed by atoms with Crippen LogP contribution in [-0.4, -0.2) is 47.9 Å². The van der Waals surface area contributed by atoms with Gasteiger partial charge in [0.1, 0.15) is 0 Å². The number of rotatable bonds is 7. The van der Waals surface area contributed by atoms with Crippen molar-refractivity contribution in [2.75, 3.05) is 25.5 Å². The van der Waals surface area contributed by atoms with Crippen LogP contribution in [0.3, 0.4) is 0 Å². The lowest BCUT2D eigenvalue weighted by Crippen LogP contribution is -2.41. The molecule has 0 bridgehead atoms. The molecule has 0 aliphatic heterocycles. The Hall–Kier alpha value is -2.39. The second-order valence-electron chi connectivity index (χ2n) is 6.11. The Morgan fingerprint density at radius 3 is 2.54 bits per heavy atom. The number of nitrogens with zero attached hydrogens (tertiary/aromatic N) is 2. The van der Waals surface area contributed by atoms with Crippen molar-refractivity contribution in [2.45, 2.75) is 19.9 Å². The van der Waals surface area contributed by atoms with Crippen LogP contribution in [0.25, 0.3) is 11.3 Å². The summed E-state index contributed by atoms with van der Waals surface area (Å²) in [5.74, 6) is -2.37. The van der Waals surface area contributed by atoms with Gasteiger partial charge in [-0.3, -0.25) is 14.5 Å². The van der Waals surface area contributed by atoms with E-state index < -0.39 is 11.6 Å². The van der Waals surface area contributed by atoms with Crippen LogP contribution in [0.4, 0.5) is 13.9 Å². The molecule has 2 aromatic rings. The Morgan fingerprint density at radius 1 is 1.19 bits per heavy atom. The summed E-state index contributed by atoms with van der Waals surface area (Å²) in [4.78, 5) is 29.5. The summed E-state index contributed by atoms with van der Waals surface area (Å²) >= 11 is 1.18. The van der Waals surface area contributed by atoms with E-state index in [0.29, 0.717) is 16.4 Å². The number of benzene rings is 1. The summed E-state index contributed by atoms with van der Waals surface area (Å²) in [6, 6.07) is 3.53. The Balaban J connectivity index is 1.90. The molecular weight excluding hydrogens is 362 g/mol. The zero-order chi connectivity index (χ0) is 19.3. The summed E-state index contributed by atoms with van der Waals surface area (Å²) in [6.45, 7) is 3.84. The normalized spacial score (nSPS) is 11.0. The van der Waals surface area contributed by atoms with Gasteiger partial charge in [-0.1, -0.05) is 0 Å². The van der Waals surface area contributed by atoms with E-state index in [-0.39, 0.29) is 30.9 Å². The number of hydrogen-bond acceptors (Lipinski definition) is 5. The van der Waals surface area contributed by atoms with E-state index in [1.165, 1.54) is 17.4 Å². The van der Waals surface area contributed by atoms with Gasteiger partial charge in [0.15, 0.2) is 16.8 Å². The average Bonchev–Trinajstić information content (AvgIpc) is 2.97. The van der Waals surface area contributed by atoms with Gasteiger partial charge in [0, 0.05) is 17.0 Å². The Morgan fingerprint density at radius 2 is 1.88 bits per heavy atom. The Kier molecular flexibility index (Phi) is 6.76. The number of nitrogens with one attached hydrogen (secondary N) is 2. The molecular formula is C17H20F2N4O2S. The van der Waals surface area contributed by atoms with Gasteiger partial charge in [-0.15, -0.1) is 11.3 Å². The number of carbonyl (C=O) groups is 2. The first-order valence-electron chi connectivity index (χ1n) is 7.93. The number of anilines is 1. The number of amides is 2. The third kappa shape index (κ3) is 5.85. The largest absolute Gasteiger partial charge is 0.353 e. The minimum atomic E-state index is -0.956. The molecule has 0 saturated carbocycles. The number of hydrogen-bond donors (Lipinski definition) is 2. The third-order valence-corrected chi connectivity index (χ3v) is 4.00. The molecule has 0 saturated heterocycles. The molecule has 1 heterocycles. The van der Waals surface area contributed by atoms with Crippen LogP contribution in [0, 0.1) is 11.6 Å². The van der Waals surface area contributed by atoms with Gasteiger partial charge < -0.3 is 10.6 Å². The fourth-order valence-corrected chi connectivity index (χ4v) is 2.93. The van der Waals surface area contributed by atoms with Gasteiger partial charge in [-0.25, -0.2) is 13.8 Å². The highest BCUT2D eigenvalue weighted by molar-refractivity contribution is 7.14. The molecule has 2 rings (SSSR count). The van der Waals surface area contributed by atoms with Gasteiger partial charge in [-0.2, -0.15) is 0 Å². The SMILES string of the molecule is CC(C)NC(=O)CN(C)CC(=O)Nc1nc(-c2ccc(F)c(F)c2)cs1. The molecule has 1 aromatic heterocycles. The van der Waals surface area contributed by atoms with Crippen LogP contribution in [0.15, 0.2) is 23.6 Å². The Bertz CT molecular complexity index is 795. The highest BCUT2D eigenvalue weighted by Crippen LogP contribution is 2.26. The van der Waals surface area contributed by atoms with Crippen molar-refractivity contribution >= 4 is 28.3 Å². The molecule has 0 fully saturated rings. The maximum absolute atomic E-state index is 13.3. The fourth-order valence-electron chi connectivity index (χ4n) is 2.19. The highest BCUT2D eigenvalue weighted by atomic mass is 32.1. The summed E-state index contributed by atoms with van der Waals surface area (Å²) < 4.78 is 26.3. The lowest BCUT2D eigenvalue weighted by molar-refractivity contribution is -0.123.